The number of hydrogen-bond acceptors (Lipinski definition) is 2. The molecule has 0 saturated heterocycles. The van der Waals surface area contributed by atoms with Crippen LogP contribution in [-0.2, 0) is 4.79 Å². The van der Waals surface area contributed by atoms with Gasteiger partial charge in [-0.2, -0.15) is 0 Å². The lowest BCUT2D eigenvalue weighted by atomic mass is 9.93. The van der Waals surface area contributed by atoms with Gasteiger partial charge >= 0.3 is 0 Å². The van der Waals surface area contributed by atoms with Crippen molar-refractivity contribution in [3.8, 4) is 0 Å². The molecule has 1 unspecified atom stereocenters. The van der Waals surface area contributed by atoms with Gasteiger partial charge in [0.2, 0.25) is 5.91 Å². The predicted octanol–water partition coefficient (Wildman–Crippen LogP) is 1.76. The maximum atomic E-state index is 12.0. The van der Waals surface area contributed by atoms with E-state index in [2.05, 4.69) is 0 Å². The molecule has 0 heterocycles. The van der Waals surface area contributed by atoms with Gasteiger partial charge in [-0.05, 0) is 25.8 Å². The van der Waals surface area contributed by atoms with Crippen molar-refractivity contribution in [3.05, 3.63) is 0 Å². The van der Waals surface area contributed by atoms with E-state index in [0.717, 1.165) is 6.42 Å². The molecule has 0 bridgehead atoms. The Morgan fingerprint density at radius 1 is 1.40 bits per heavy atom. The maximum Gasteiger partial charge on any atom is 0.225 e. The number of carbonyl (C=O) groups is 1. The second kappa shape index (κ2) is 6.11. The molecule has 1 saturated carbocycles. The summed E-state index contributed by atoms with van der Waals surface area (Å²) in [6, 6.07) is 0.478. The fourth-order valence-electron chi connectivity index (χ4n) is 2.37. The monoisotopic (exact) mass is 212 g/mol. The summed E-state index contributed by atoms with van der Waals surface area (Å²) in [5, 5.41) is 0. The predicted molar refractivity (Wildman–Crippen MR) is 62.5 cm³/mol. The minimum Gasteiger partial charge on any atom is -0.343 e. The summed E-state index contributed by atoms with van der Waals surface area (Å²) in [7, 11) is 1.95. The quantitative estimate of drug-likeness (QED) is 0.772. The second-order valence-electron chi connectivity index (χ2n) is 4.72. The Hall–Kier alpha value is -0.570. The van der Waals surface area contributed by atoms with Crippen LogP contribution in [0.25, 0.3) is 0 Å². The topological polar surface area (TPSA) is 46.3 Å². The molecule has 1 amide bonds. The number of hydrogen-bond donors (Lipinski definition) is 1. The van der Waals surface area contributed by atoms with Crippen LogP contribution in [0.2, 0.25) is 0 Å². The molecule has 1 atom stereocenters. The smallest absolute Gasteiger partial charge is 0.225 e. The van der Waals surface area contributed by atoms with E-state index in [0.29, 0.717) is 12.6 Å². The van der Waals surface area contributed by atoms with Crippen molar-refractivity contribution in [2.24, 2.45) is 11.7 Å². The van der Waals surface area contributed by atoms with Crippen molar-refractivity contribution in [2.45, 2.75) is 51.5 Å². The van der Waals surface area contributed by atoms with Crippen LogP contribution in [0.1, 0.15) is 45.4 Å². The van der Waals surface area contributed by atoms with E-state index >= 15 is 0 Å². The lowest BCUT2D eigenvalue weighted by molar-refractivity contribution is -0.136. The van der Waals surface area contributed by atoms with Gasteiger partial charge < -0.3 is 10.6 Å². The highest BCUT2D eigenvalue weighted by atomic mass is 16.2. The van der Waals surface area contributed by atoms with Gasteiger partial charge in [0, 0.05) is 19.0 Å². The third-order valence-corrected chi connectivity index (χ3v) is 3.49. The van der Waals surface area contributed by atoms with Crippen LogP contribution < -0.4 is 5.73 Å². The number of carbonyl (C=O) groups excluding carboxylic acids is 1. The van der Waals surface area contributed by atoms with E-state index in [9.17, 15) is 4.79 Å². The lowest BCUT2D eigenvalue weighted by Crippen LogP contribution is -2.41. The molecule has 0 aliphatic heterocycles. The van der Waals surface area contributed by atoms with Crippen molar-refractivity contribution in [1.82, 2.24) is 4.90 Å². The number of rotatable bonds is 4. The fourth-order valence-corrected chi connectivity index (χ4v) is 2.37. The Labute approximate surface area is 93.0 Å². The molecule has 3 nitrogen and oxygen atoms in total. The van der Waals surface area contributed by atoms with Crippen LogP contribution in [0.4, 0.5) is 0 Å². The SMILES string of the molecule is CC(CCN)C(=O)N(C)C1CCCCC1. The first-order valence-electron chi connectivity index (χ1n) is 6.13. The molecule has 2 N–H and O–H groups in total. The minimum atomic E-state index is 0.0851. The van der Waals surface area contributed by atoms with Crippen LogP contribution in [0.15, 0.2) is 0 Å². The van der Waals surface area contributed by atoms with Crippen LogP contribution in [0.3, 0.4) is 0 Å². The summed E-state index contributed by atoms with van der Waals surface area (Å²) in [4.78, 5) is 14.0. The average molecular weight is 212 g/mol. The van der Waals surface area contributed by atoms with Crippen molar-refractivity contribution < 1.29 is 4.79 Å². The Kier molecular flexibility index (Phi) is 5.09. The normalized spacial score (nSPS) is 19.9. The van der Waals surface area contributed by atoms with E-state index in [1.165, 1.54) is 32.1 Å². The van der Waals surface area contributed by atoms with E-state index in [4.69, 9.17) is 5.73 Å². The molecule has 0 spiro atoms. The fraction of sp³-hybridized carbons (Fsp3) is 0.917. The molecular formula is C12H24N2O. The van der Waals surface area contributed by atoms with Crippen molar-refractivity contribution in [2.75, 3.05) is 13.6 Å². The van der Waals surface area contributed by atoms with Gasteiger partial charge in [0.25, 0.3) is 0 Å². The molecule has 0 aromatic carbocycles. The molecule has 15 heavy (non-hydrogen) atoms. The van der Waals surface area contributed by atoms with E-state index in [-0.39, 0.29) is 11.8 Å². The molecule has 0 aromatic rings. The van der Waals surface area contributed by atoms with Crippen molar-refractivity contribution >= 4 is 5.91 Å². The molecule has 1 rings (SSSR count). The average Bonchev–Trinajstić information content (AvgIpc) is 2.28. The Morgan fingerprint density at radius 3 is 2.53 bits per heavy atom. The molecule has 0 aromatic heterocycles. The molecule has 1 aliphatic rings. The third kappa shape index (κ3) is 3.49. The third-order valence-electron chi connectivity index (χ3n) is 3.49. The van der Waals surface area contributed by atoms with Crippen LogP contribution in [-0.4, -0.2) is 30.4 Å². The highest BCUT2D eigenvalue weighted by molar-refractivity contribution is 5.78. The van der Waals surface area contributed by atoms with Crippen molar-refractivity contribution in [3.63, 3.8) is 0 Å². The van der Waals surface area contributed by atoms with Gasteiger partial charge in [0.15, 0.2) is 0 Å². The Morgan fingerprint density at radius 2 is 2.00 bits per heavy atom. The van der Waals surface area contributed by atoms with Gasteiger partial charge in [-0.1, -0.05) is 26.2 Å². The van der Waals surface area contributed by atoms with E-state index < -0.39 is 0 Å². The summed E-state index contributed by atoms with van der Waals surface area (Å²) in [6.07, 6.45) is 7.03. The minimum absolute atomic E-state index is 0.0851. The standard InChI is InChI=1S/C12H24N2O/c1-10(8-9-13)12(15)14(2)11-6-4-3-5-7-11/h10-11H,3-9,13H2,1-2H3. The van der Waals surface area contributed by atoms with E-state index in [1.54, 1.807) is 0 Å². The lowest BCUT2D eigenvalue weighted by Gasteiger charge is -2.33. The molecule has 88 valence electrons. The molecular weight excluding hydrogens is 188 g/mol. The zero-order chi connectivity index (χ0) is 11.3. The van der Waals surface area contributed by atoms with Gasteiger partial charge in [0.1, 0.15) is 0 Å². The molecule has 3 heteroatoms. The van der Waals surface area contributed by atoms with Gasteiger partial charge in [0.05, 0.1) is 0 Å². The van der Waals surface area contributed by atoms with Gasteiger partial charge in [-0.25, -0.2) is 0 Å². The molecule has 1 fully saturated rings. The second-order valence-corrected chi connectivity index (χ2v) is 4.72. The Balaban J connectivity index is 2.43. The maximum absolute atomic E-state index is 12.0. The zero-order valence-corrected chi connectivity index (χ0v) is 10.0. The number of nitrogens with zero attached hydrogens (tertiary/aromatic N) is 1. The first kappa shape index (κ1) is 12.5. The zero-order valence-electron chi connectivity index (χ0n) is 10.0. The summed E-state index contributed by atoms with van der Waals surface area (Å²) in [6.45, 7) is 2.58. The first-order valence-corrected chi connectivity index (χ1v) is 6.13. The van der Waals surface area contributed by atoms with Gasteiger partial charge in [-0.15, -0.1) is 0 Å². The summed E-state index contributed by atoms with van der Waals surface area (Å²) >= 11 is 0. The Bertz CT molecular complexity index is 200. The van der Waals surface area contributed by atoms with Crippen LogP contribution in [0.5, 0.6) is 0 Å². The summed E-state index contributed by atoms with van der Waals surface area (Å²) in [5.74, 6) is 0.356. The van der Waals surface area contributed by atoms with Gasteiger partial charge in [-0.3, -0.25) is 4.79 Å². The van der Waals surface area contributed by atoms with Crippen molar-refractivity contribution in [1.29, 1.82) is 0 Å². The van der Waals surface area contributed by atoms with Crippen LogP contribution >= 0.6 is 0 Å². The highest BCUT2D eigenvalue weighted by Crippen LogP contribution is 2.23. The summed E-state index contributed by atoms with van der Waals surface area (Å²) < 4.78 is 0. The molecule has 0 radical (unpaired) electrons. The molecule has 1 aliphatic carbocycles. The van der Waals surface area contributed by atoms with Crippen LogP contribution in [0, 0.1) is 5.92 Å². The first-order chi connectivity index (χ1) is 7.16. The largest absolute Gasteiger partial charge is 0.343 e. The highest BCUT2D eigenvalue weighted by Gasteiger charge is 2.24. The van der Waals surface area contributed by atoms with E-state index in [1.807, 2.05) is 18.9 Å². The summed E-state index contributed by atoms with van der Waals surface area (Å²) in [5.41, 5.74) is 5.48. The number of nitrogens with two attached hydrogens (primary N) is 1. The number of amides is 1.